The Bertz CT molecular complexity index is 522. The van der Waals surface area contributed by atoms with E-state index in [9.17, 15) is 14.9 Å². The van der Waals surface area contributed by atoms with Gasteiger partial charge in [-0.15, -0.1) is 12.3 Å². The largest absolute Gasteiger partial charge is 0.480 e. The van der Waals surface area contributed by atoms with Gasteiger partial charge in [0.05, 0.1) is 4.92 Å². The van der Waals surface area contributed by atoms with E-state index in [1.54, 1.807) is 6.92 Å². The van der Waals surface area contributed by atoms with Crippen molar-refractivity contribution in [2.24, 2.45) is 0 Å². The summed E-state index contributed by atoms with van der Waals surface area (Å²) in [7, 11) is 0. The van der Waals surface area contributed by atoms with Gasteiger partial charge in [0, 0.05) is 12.0 Å². The molecule has 0 fully saturated rings. The van der Waals surface area contributed by atoms with E-state index in [0.29, 0.717) is 5.56 Å². The van der Waals surface area contributed by atoms with Crippen LogP contribution in [-0.2, 0) is 4.79 Å². The van der Waals surface area contributed by atoms with Crippen LogP contribution in [0.5, 0.6) is 0 Å². The molecule has 0 amide bonds. The lowest BCUT2D eigenvalue weighted by Crippen LogP contribution is -2.29. The monoisotopic (exact) mass is 249 g/mol. The average Bonchev–Trinajstić information content (AvgIpc) is 2.27. The molecule has 1 aromatic rings. The number of rotatable bonds is 5. The highest BCUT2D eigenvalue weighted by Gasteiger charge is 2.18. The fourth-order valence-electron chi connectivity index (χ4n) is 1.32. The van der Waals surface area contributed by atoms with Crippen LogP contribution in [0.2, 0.25) is 0 Å². The number of anilines is 1. The van der Waals surface area contributed by atoms with Crippen molar-refractivity contribution in [3.05, 3.63) is 27.9 Å². The number of hydrogen-bond acceptors (Lipinski definition) is 5. The van der Waals surface area contributed by atoms with Crippen molar-refractivity contribution in [1.82, 2.24) is 4.98 Å². The number of aryl methyl sites for hydroxylation is 1. The first-order valence-corrected chi connectivity index (χ1v) is 4.99. The zero-order valence-electron chi connectivity index (χ0n) is 9.58. The summed E-state index contributed by atoms with van der Waals surface area (Å²) in [6, 6.07) is 0.438. The molecule has 1 unspecified atom stereocenters. The second kappa shape index (κ2) is 5.63. The quantitative estimate of drug-likeness (QED) is 0.461. The van der Waals surface area contributed by atoms with Gasteiger partial charge >= 0.3 is 5.97 Å². The second-order valence-electron chi connectivity index (χ2n) is 3.56. The van der Waals surface area contributed by atoms with Gasteiger partial charge in [0.25, 0.3) is 5.69 Å². The highest BCUT2D eigenvalue weighted by atomic mass is 16.6. The smallest absolute Gasteiger partial charge is 0.327 e. The highest BCUT2D eigenvalue weighted by Crippen LogP contribution is 2.19. The van der Waals surface area contributed by atoms with Crippen molar-refractivity contribution in [3.8, 4) is 12.3 Å². The van der Waals surface area contributed by atoms with E-state index in [2.05, 4.69) is 16.2 Å². The number of aliphatic carboxylic acids is 1. The van der Waals surface area contributed by atoms with Crippen molar-refractivity contribution < 1.29 is 14.8 Å². The van der Waals surface area contributed by atoms with Crippen molar-refractivity contribution in [2.75, 3.05) is 5.32 Å². The van der Waals surface area contributed by atoms with Crippen LogP contribution < -0.4 is 5.32 Å². The molecular formula is C11H11N3O4. The van der Waals surface area contributed by atoms with Crippen LogP contribution >= 0.6 is 0 Å². The van der Waals surface area contributed by atoms with Crippen molar-refractivity contribution in [3.63, 3.8) is 0 Å². The van der Waals surface area contributed by atoms with E-state index in [-0.39, 0.29) is 17.9 Å². The molecule has 7 nitrogen and oxygen atoms in total. The Balaban J connectivity index is 2.92. The molecule has 1 aromatic heterocycles. The van der Waals surface area contributed by atoms with Crippen molar-refractivity contribution in [1.29, 1.82) is 0 Å². The minimum atomic E-state index is -1.11. The highest BCUT2D eigenvalue weighted by molar-refractivity contribution is 5.77. The number of carbonyl (C=O) groups is 1. The van der Waals surface area contributed by atoms with E-state index < -0.39 is 16.9 Å². The molecule has 0 saturated carbocycles. The number of nitrogens with one attached hydrogen (secondary N) is 1. The fourth-order valence-corrected chi connectivity index (χ4v) is 1.32. The molecule has 1 heterocycles. The molecule has 94 valence electrons. The van der Waals surface area contributed by atoms with Crippen LogP contribution in [-0.4, -0.2) is 27.0 Å². The van der Waals surface area contributed by atoms with Gasteiger partial charge < -0.3 is 10.4 Å². The Labute approximate surface area is 103 Å². The topological polar surface area (TPSA) is 105 Å². The predicted molar refractivity (Wildman–Crippen MR) is 64.1 cm³/mol. The minimum Gasteiger partial charge on any atom is -0.480 e. The summed E-state index contributed by atoms with van der Waals surface area (Å²) < 4.78 is 0. The normalized spacial score (nSPS) is 11.3. The van der Waals surface area contributed by atoms with E-state index in [1.165, 1.54) is 6.07 Å². The van der Waals surface area contributed by atoms with E-state index in [1.807, 2.05) is 0 Å². The number of carboxylic acids is 1. The molecule has 2 N–H and O–H groups in total. The second-order valence-corrected chi connectivity index (χ2v) is 3.56. The molecular weight excluding hydrogens is 238 g/mol. The standard InChI is InChI=1S/C11H11N3O4/c1-3-4-8(11(15)16)13-10-5-7(2)9(6-12-10)14(17)18/h1,5-6,8H,4H2,2H3,(H,12,13)(H,15,16). The number of aromatic nitrogens is 1. The van der Waals surface area contributed by atoms with Crippen LogP contribution in [0.15, 0.2) is 12.3 Å². The maximum atomic E-state index is 10.9. The number of terminal acetylenes is 1. The third-order valence-corrected chi connectivity index (χ3v) is 2.22. The Morgan fingerprint density at radius 2 is 2.44 bits per heavy atom. The van der Waals surface area contributed by atoms with Crippen LogP contribution in [0.25, 0.3) is 0 Å². The molecule has 0 aliphatic heterocycles. The SMILES string of the molecule is C#CCC(Nc1cc(C)c([N+](=O)[O-])cn1)C(=O)O. The first-order valence-electron chi connectivity index (χ1n) is 4.99. The fraction of sp³-hybridized carbons (Fsp3) is 0.273. The molecule has 0 radical (unpaired) electrons. The third-order valence-electron chi connectivity index (χ3n) is 2.22. The van der Waals surface area contributed by atoms with Gasteiger partial charge in [0.15, 0.2) is 0 Å². The van der Waals surface area contributed by atoms with Gasteiger partial charge in [-0.05, 0) is 13.0 Å². The third kappa shape index (κ3) is 3.18. The minimum absolute atomic E-state index is 0.00690. The van der Waals surface area contributed by atoms with Gasteiger partial charge in [-0.1, -0.05) is 0 Å². The first-order chi connectivity index (χ1) is 8.45. The van der Waals surface area contributed by atoms with Crippen LogP contribution in [0.3, 0.4) is 0 Å². The maximum Gasteiger partial charge on any atom is 0.327 e. The van der Waals surface area contributed by atoms with E-state index in [0.717, 1.165) is 6.20 Å². The predicted octanol–water partition coefficient (Wildman–Crippen LogP) is 1.19. The molecule has 0 aromatic carbocycles. The van der Waals surface area contributed by atoms with Gasteiger partial charge in [-0.3, -0.25) is 10.1 Å². The zero-order valence-corrected chi connectivity index (χ0v) is 9.58. The Morgan fingerprint density at radius 1 is 1.78 bits per heavy atom. The number of carboxylic acid groups (broad SMARTS) is 1. The van der Waals surface area contributed by atoms with E-state index >= 15 is 0 Å². The molecule has 1 rings (SSSR count). The van der Waals surface area contributed by atoms with Crippen LogP contribution in [0.1, 0.15) is 12.0 Å². The van der Waals surface area contributed by atoms with Gasteiger partial charge in [-0.25, -0.2) is 9.78 Å². The van der Waals surface area contributed by atoms with Gasteiger partial charge in [-0.2, -0.15) is 0 Å². The summed E-state index contributed by atoms with van der Waals surface area (Å²) in [6.45, 7) is 1.54. The van der Waals surface area contributed by atoms with Gasteiger partial charge in [0.2, 0.25) is 0 Å². The summed E-state index contributed by atoms with van der Waals surface area (Å²) >= 11 is 0. The Kier molecular flexibility index (Phi) is 4.21. The molecule has 18 heavy (non-hydrogen) atoms. The Morgan fingerprint density at radius 3 is 2.89 bits per heavy atom. The number of pyridine rings is 1. The van der Waals surface area contributed by atoms with Crippen LogP contribution in [0, 0.1) is 29.4 Å². The summed E-state index contributed by atoms with van der Waals surface area (Å²) in [6.07, 6.45) is 6.12. The molecule has 1 atom stereocenters. The van der Waals surface area contributed by atoms with Gasteiger partial charge in [0.1, 0.15) is 18.1 Å². The maximum absolute atomic E-state index is 10.9. The van der Waals surface area contributed by atoms with Crippen LogP contribution in [0.4, 0.5) is 11.5 Å². The molecule has 0 spiro atoms. The molecule has 0 bridgehead atoms. The van der Waals surface area contributed by atoms with E-state index in [4.69, 9.17) is 11.5 Å². The lowest BCUT2D eigenvalue weighted by molar-refractivity contribution is -0.385. The molecule has 7 heteroatoms. The lowest BCUT2D eigenvalue weighted by Gasteiger charge is -2.12. The summed E-state index contributed by atoms with van der Waals surface area (Å²) in [5.74, 6) is 1.37. The summed E-state index contributed by atoms with van der Waals surface area (Å²) in [5, 5.41) is 22.1. The zero-order chi connectivity index (χ0) is 13.7. The molecule has 0 saturated heterocycles. The average molecular weight is 249 g/mol. The number of nitro groups is 1. The Hall–Kier alpha value is -2.62. The van der Waals surface area contributed by atoms with Crippen molar-refractivity contribution >= 4 is 17.5 Å². The van der Waals surface area contributed by atoms with Crippen molar-refractivity contribution in [2.45, 2.75) is 19.4 Å². The summed E-state index contributed by atoms with van der Waals surface area (Å²) in [5.41, 5.74) is 0.270. The summed E-state index contributed by atoms with van der Waals surface area (Å²) in [4.78, 5) is 24.7. The molecule has 0 aliphatic rings. The molecule has 0 aliphatic carbocycles. The lowest BCUT2D eigenvalue weighted by atomic mass is 10.2. The number of hydrogen-bond donors (Lipinski definition) is 2. The first kappa shape index (κ1) is 13.4. The number of nitrogens with zero attached hydrogens (tertiary/aromatic N) is 2.